The lowest BCUT2D eigenvalue weighted by molar-refractivity contribution is -0.126. The molecule has 1 amide bonds. The molecule has 0 aromatic heterocycles. The van der Waals surface area contributed by atoms with Crippen LogP contribution in [0.5, 0.6) is 0 Å². The van der Waals surface area contributed by atoms with Gasteiger partial charge in [0.1, 0.15) is 12.4 Å². The number of amidine groups is 1. The lowest BCUT2D eigenvalue weighted by Gasteiger charge is -2.19. The molecule has 4 rings (SSSR count). The number of fused-ring (bicyclic) bond motifs is 1. The molecule has 0 radical (unpaired) electrons. The molecule has 6 nitrogen and oxygen atoms in total. The third kappa shape index (κ3) is 4.58. The summed E-state index contributed by atoms with van der Waals surface area (Å²) in [5.41, 5.74) is 1.58. The van der Waals surface area contributed by atoms with Crippen molar-refractivity contribution in [2.75, 3.05) is 27.2 Å². The number of hydrogen-bond acceptors (Lipinski definition) is 4. The summed E-state index contributed by atoms with van der Waals surface area (Å²) in [6.07, 6.45) is 1.81. The molecule has 146 valence electrons. The molecule has 1 N–H and O–H groups in total. The van der Waals surface area contributed by atoms with Gasteiger partial charge < -0.3 is 4.90 Å². The van der Waals surface area contributed by atoms with Crippen molar-refractivity contribution in [3.8, 4) is 0 Å². The fraction of sp³-hybridized carbons (Fsp3) is 0.286. The minimum atomic E-state index is 0.229. The first kappa shape index (κ1) is 20.0. The molecule has 28 heavy (non-hydrogen) atoms. The Kier molecular flexibility index (Phi) is 6.44. The summed E-state index contributed by atoms with van der Waals surface area (Å²) in [7, 11) is 3.51. The lowest BCUT2D eigenvalue weighted by atomic mass is 10.1. The standard InChI is InChI=1S/C16H14ClN3O.C5H9NO/c1-18-15-10-20(21)16(11-5-3-2-4-6-11)13-9-12(17)7-8-14(13)19-15;1-6-4-2-3-5(6)7/h2-9,21H,10H2,1H3;2-4H2,1H3. The maximum atomic E-state index is 10.5. The van der Waals surface area contributed by atoms with Gasteiger partial charge in [0.05, 0.1) is 11.1 Å². The summed E-state index contributed by atoms with van der Waals surface area (Å²) in [4.78, 5) is 20.9. The summed E-state index contributed by atoms with van der Waals surface area (Å²) in [5, 5.41) is 13.8. The zero-order valence-electron chi connectivity index (χ0n) is 16.0. The number of hydroxylamine groups is 2. The summed E-state index contributed by atoms with van der Waals surface area (Å²) < 4.78 is 0. The fourth-order valence-corrected chi connectivity index (χ4v) is 3.30. The van der Waals surface area contributed by atoms with E-state index < -0.39 is 0 Å². The Bertz CT molecular complexity index is 1000. The van der Waals surface area contributed by atoms with Crippen LogP contribution in [0.2, 0.25) is 5.02 Å². The molecule has 2 aromatic carbocycles. The maximum absolute atomic E-state index is 10.5. The number of likely N-dealkylation sites (tertiary alicyclic amines) is 1. The van der Waals surface area contributed by atoms with Crippen LogP contribution in [0, 0.1) is 0 Å². The Balaban J connectivity index is 0.000000271. The summed E-state index contributed by atoms with van der Waals surface area (Å²) >= 11 is 6.12. The highest BCUT2D eigenvalue weighted by Crippen LogP contribution is 2.15. The van der Waals surface area contributed by atoms with Crippen LogP contribution in [0.4, 0.5) is 0 Å². The Morgan fingerprint density at radius 1 is 1.18 bits per heavy atom. The van der Waals surface area contributed by atoms with Crippen molar-refractivity contribution in [1.82, 2.24) is 9.96 Å². The SMILES string of the molecule is CN1CCCC1=O.CN=C1CN(O)C(c2ccccc2)=c2cc(Cl)ccc2=N1. The molecule has 0 spiro atoms. The maximum Gasteiger partial charge on any atom is 0.222 e. The van der Waals surface area contributed by atoms with Crippen LogP contribution in [0.1, 0.15) is 18.4 Å². The van der Waals surface area contributed by atoms with Crippen molar-refractivity contribution >= 4 is 29.0 Å². The van der Waals surface area contributed by atoms with Gasteiger partial charge in [-0.1, -0.05) is 41.9 Å². The molecule has 2 aromatic rings. The lowest BCUT2D eigenvalue weighted by Crippen LogP contribution is -2.31. The van der Waals surface area contributed by atoms with Crippen molar-refractivity contribution in [1.29, 1.82) is 0 Å². The molecule has 1 saturated heterocycles. The number of rotatable bonds is 1. The van der Waals surface area contributed by atoms with E-state index in [2.05, 4.69) is 9.98 Å². The fourth-order valence-electron chi connectivity index (χ4n) is 3.13. The smallest absolute Gasteiger partial charge is 0.222 e. The van der Waals surface area contributed by atoms with E-state index >= 15 is 0 Å². The van der Waals surface area contributed by atoms with Crippen molar-refractivity contribution in [2.45, 2.75) is 12.8 Å². The monoisotopic (exact) mass is 398 g/mol. The molecule has 1 fully saturated rings. The van der Waals surface area contributed by atoms with Gasteiger partial charge in [-0.25, -0.2) is 10.1 Å². The van der Waals surface area contributed by atoms with Gasteiger partial charge in [-0.05, 0) is 24.6 Å². The number of benzene rings is 2. The normalized spacial score (nSPS) is 17.6. The van der Waals surface area contributed by atoms with Gasteiger partial charge in [0.2, 0.25) is 5.91 Å². The highest BCUT2D eigenvalue weighted by atomic mass is 35.5. The highest BCUT2D eigenvalue weighted by Gasteiger charge is 2.17. The van der Waals surface area contributed by atoms with E-state index in [1.807, 2.05) is 49.5 Å². The van der Waals surface area contributed by atoms with Gasteiger partial charge in [0, 0.05) is 42.9 Å². The van der Waals surface area contributed by atoms with Gasteiger partial charge in [0.15, 0.2) is 0 Å². The van der Waals surface area contributed by atoms with E-state index in [-0.39, 0.29) is 6.54 Å². The van der Waals surface area contributed by atoms with Crippen molar-refractivity contribution < 1.29 is 10.0 Å². The van der Waals surface area contributed by atoms with E-state index in [9.17, 15) is 10.0 Å². The van der Waals surface area contributed by atoms with Crippen molar-refractivity contribution in [2.24, 2.45) is 9.98 Å². The Hall–Kier alpha value is -2.70. The van der Waals surface area contributed by atoms with Crippen LogP contribution >= 0.6 is 11.6 Å². The van der Waals surface area contributed by atoms with E-state index in [0.29, 0.717) is 22.5 Å². The largest absolute Gasteiger partial charge is 0.346 e. The molecular weight excluding hydrogens is 376 g/mol. The number of aliphatic imine (C=N–C) groups is 1. The number of carbonyl (C=O) groups is 1. The van der Waals surface area contributed by atoms with E-state index in [0.717, 1.165) is 35.5 Å². The third-order valence-electron chi connectivity index (χ3n) is 4.63. The second-order valence-electron chi connectivity index (χ2n) is 6.60. The van der Waals surface area contributed by atoms with Crippen molar-refractivity contribution in [3.05, 3.63) is 69.7 Å². The van der Waals surface area contributed by atoms with Gasteiger partial charge in [-0.2, -0.15) is 0 Å². The molecule has 0 atom stereocenters. The number of carbonyl (C=O) groups excluding carboxylic acids is 1. The van der Waals surface area contributed by atoms with Gasteiger partial charge >= 0.3 is 0 Å². The van der Waals surface area contributed by atoms with E-state index in [1.54, 1.807) is 18.0 Å². The molecule has 0 bridgehead atoms. The number of nitrogens with zero attached hydrogens (tertiary/aromatic N) is 4. The number of hydrogen-bond donors (Lipinski definition) is 1. The Morgan fingerprint density at radius 2 is 1.93 bits per heavy atom. The summed E-state index contributed by atoms with van der Waals surface area (Å²) in [6, 6.07) is 15.1. The molecule has 7 heteroatoms. The molecule has 0 unspecified atom stereocenters. The summed E-state index contributed by atoms with van der Waals surface area (Å²) in [5.74, 6) is 0.854. The number of amides is 1. The van der Waals surface area contributed by atoms with Crippen LogP contribution in [-0.2, 0) is 4.79 Å². The van der Waals surface area contributed by atoms with Crippen LogP contribution < -0.4 is 10.6 Å². The predicted molar refractivity (Wildman–Crippen MR) is 110 cm³/mol. The minimum Gasteiger partial charge on any atom is -0.346 e. The van der Waals surface area contributed by atoms with Crippen LogP contribution in [-0.4, -0.2) is 54.1 Å². The third-order valence-corrected chi connectivity index (χ3v) is 4.86. The average Bonchev–Trinajstić information content (AvgIpc) is 3.00. The van der Waals surface area contributed by atoms with Gasteiger partial charge in [-0.15, -0.1) is 0 Å². The Labute approximate surface area is 169 Å². The topological polar surface area (TPSA) is 68.5 Å². The first-order valence-electron chi connectivity index (χ1n) is 9.09. The first-order valence-corrected chi connectivity index (χ1v) is 9.47. The first-order chi connectivity index (χ1) is 13.5. The quantitative estimate of drug-likeness (QED) is 0.799. The van der Waals surface area contributed by atoms with Gasteiger partial charge in [0.25, 0.3) is 0 Å². The zero-order chi connectivity index (χ0) is 20.1. The minimum absolute atomic E-state index is 0.229. The average molecular weight is 399 g/mol. The molecule has 2 aliphatic rings. The van der Waals surface area contributed by atoms with E-state index in [4.69, 9.17) is 11.6 Å². The summed E-state index contributed by atoms with van der Waals surface area (Å²) in [6.45, 7) is 1.19. The van der Waals surface area contributed by atoms with E-state index in [1.165, 1.54) is 5.06 Å². The number of halogens is 1. The molecule has 2 aliphatic heterocycles. The molecule has 0 saturated carbocycles. The zero-order valence-corrected chi connectivity index (χ0v) is 16.7. The van der Waals surface area contributed by atoms with Crippen LogP contribution in [0.3, 0.4) is 0 Å². The highest BCUT2D eigenvalue weighted by molar-refractivity contribution is 6.30. The second-order valence-corrected chi connectivity index (χ2v) is 7.04. The molecule has 0 aliphatic carbocycles. The van der Waals surface area contributed by atoms with Crippen LogP contribution in [0.15, 0.2) is 58.5 Å². The van der Waals surface area contributed by atoms with Crippen molar-refractivity contribution in [3.63, 3.8) is 0 Å². The van der Waals surface area contributed by atoms with Crippen LogP contribution in [0.25, 0.3) is 5.70 Å². The Morgan fingerprint density at radius 3 is 2.50 bits per heavy atom. The predicted octanol–water partition coefficient (Wildman–Crippen LogP) is 2.09. The van der Waals surface area contributed by atoms with Gasteiger partial charge in [-0.3, -0.25) is 15.0 Å². The molecule has 2 heterocycles. The molecular formula is C21H23ClN4O2. The second kappa shape index (κ2) is 8.99.